The summed E-state index contributed by atoms with van der Waals surface area (Å²) in [6.45, 7) is 6.99. The van der Waals surface area contributed by atoms with Crippen molar-refractivity contribution in [1.82, 2.24) is 20.2 Å². The average Bonchev–Trinajstić information content (AvgIpc) is 3.87. The maximum Gasteiger partial charge on any atom is 0.409 e. The molecule has 0 spiro atoms. The first kappa shape index (κ1) is 56.2. The maximum absolute atomic E-state index is 14.4. The fraction of sp³-hybridized carbons (Fsp3) is 0.627. The minimum atomic E-state index is -1.89. The number of hydroxylamine groups is 2. The lowest BCUT2D eigenvalue weighted by Gasteiger charge is -2.42. The quantitative estimate of drug-likeness (QED) is 0.160. The minimum absolute atomic E-state index is 0.00240. The molecule has 2 N–H and O–H groups in total. The second-order valence-corrected chi connectivity index (χ2v) is 22.0. The van der Waals surface area contributed by atoms with Crippen molar-refractivity contribution >= 4 is 82.5 Å². The first-order chi connectivity index (χ1) is 35.0. The zero-order chi connectivity index (χ0) is 54.0. The van der Waals surface area contributed by atoms with Crippen LogP contribution < -0.4 is 15.0 Å². The van der Waals surface area contributed by atoms with Crippen molar-refractivity contribution in [3.8, 4) is 5.75 Å². The summed E-state index contributed by atoms with van der Waals surface area (Å²) in [5.74, 6) is -4.93. The number of nitrogens with zero attached hydrogens (tertiary/aromatic N) is 4. The van der Waals surface area contributed by atoms with Crippen molar-refractivity contribution < 1.29 is 76.8 Å². The molecule has 7 amide bonds. The van der Waals surface area contributed by atoms with Gasteiger partial charge in [0.05, 0.1) is 36.5 Å². The number of epoxide rings is 1. The molecule has 4 bridgehead atoms. The lowest BCUT2D eigenvalue weighted by Crippen LogP contribution is -2.63. The third-order valence-corrected chi connectivity index (χ3v) is 16.8. The smallest absolute Gasteiger partial charge is 0.409 e. The number of rotatable bonds is 13. The van der Waals surface area contributed by atoms with E-state index in [1.54, 1.807) is 38.1 Å². The highest BCUT2D eigenvalue weighted by atomic mass is 35.5. The number of carbonyl (C=O) groups excluding carboxylic acids is 9. The molecule has 5 fully saturated rings. The Bertz CT molecular complexity index is 2470. The first-order valence-corrected chi connectivity index (χ1v) is 26.3. The molecule has 7 rings (SSSR count). The highest BCUT2D eigenvalue weighted by Gasteiger charge is 2.64. The molecule has 1 saturated carbocycles. The number of halogens is 1. The molecule has 0 radical (unpaired) electrons. The van der Waals surface area contributed by atoms with Gasteiger partial charge in [0.2, 0.25) is 23.6 Å². The van der Waals surface area contributed by atoms with Crippen molar-refractivity contribution in [3.63, 3.8) is 0 Å². The molecule has 5 heterocycles. The highest BCUT2D eigenvalue weighted by Crippen LogP contribution is 2.49. The van der Waals surface area contributed by atoms with Crippen LogP contribution in [-0.2, 0) is 68.6 Å². The molecule has 1 aromatic carbocycles. The number of thioether (sulfide) groups is 1. The topological polar surface area (TPSA) is 258 Å². The van der Waals surface area contributed by atoms with Crippen LogP contribution >= 0.6 is 23.4 Å². The van der Waals surface area contributed by atoms with Gasteiger partial charge in [-0.2, -0.15) is 0 Å². The van der Waals surface area contributed by atoms with Gasteiger partial charge in [-0.25, -0.2) is 14.4 Å². The molecule has 23 heteroatoms. The Hall–Kier alpha value is -5.55. The number of imide groups is 2. The predicted octanol–water partition coefficient (Wildman–Crippen LogP) is 4.18. The van der Waals surface area contributed by atoms with Crippen molar-refractivity contribution in [2.45, 2.75) is 145 Å². The number of amides is 7. The third kappa shape index (κ3) is 12.2. The number of allylic oxidation sites excluding steroid dienone is 3. The van der Waals surface area contributed by atoms with E-state index in [9.17, 15) is 48.3 Å². The van der Waals surface area contributed by atoms with Crippen LogP contribution in [0.25, 0.3) is 0 Å². The van der Waals surface area contributed by atoms with Crippen LogP contribution in [0, 0.1) is 17.8 Å². The number of nitrogens with one attached hydrogen (secondary N) is 1. The number of carbonyl (C=O) groups is 9. The summed E-state index contributed by atoms with van der Waals surface area (Å²) in [5.41, 5.74) is -1.23. The Morgan fingerprint density at radius 2 is 1.70 bits per heavy atom. The summed E-state index contributed by atoms with van der Waals surface area (Å²) in [4.78, 5) is 127. The van der Waals surface area contributed by atoms with Crippen LogP contribution in [0.3, 0.4) is 0 Å². The first-order valence-electron chi connectivity index (χ1n) is 24.9. The predicted molar refractivity (Wildman–Crippen MR) is 266 cm³/mol. The van der Waals surface area contributed by atoms with Gasteiger partial charge in [0, 0.05) is 71.5 Å². The average molecular weight is 1070 g/mol. The van der Waals surface area contributed by atoms with Crippen molar-refractivity contribution in [2.75, 3.05) is 45.5 Å². The zero-order valence-corrected chi connectivity index (χ0v) is 44.5. The molecule has 74 heavy (non-hydrogen) atoms. The van der Waals surface area contributed by atoms with Gasteiger partial charge in [0.1, 0.15) is 40.7 Å². The van der Waals surface area contributed by atoms with Gasteiger partial charge in [-0.05, 0) is 76.5 Å². The molecule has 4 saturated heterocycles. The number of hydrogen-bond donors (Lipinski definition) is 2. The molecular formula is C51H66ClN5O16S. The van der Waals surface area contributed by atoms with Crippen LogP contribution in [0.15, 0.2) is 35.9 Å². The summed E-state index contributed by atoms with van der Waals surface area (Å²) in [7, 11) is 5.84. The number of benzene rings is 1. The van der Waals surface area contributed by atoms with E-state index in [2.05, 4.69) is 5.32 Å². The molecule has 9 atom stereocenters. The minimum Gasteiger partial charge on any atom is -0.495 e. The van der Waals surface area contributed by atoms with E-state index in [1.807, 2.05) is 13.0 Å². The second kappa shape index (κ2) is 23.1. The number of fused-ring (bicyclic) bond motifs is 5. The van der Waals surface area contributed by atoms with Gasteiger partial charge >= 0.3 is 18.0 Å². The number of anilines is 1. The van der Waals surface area contributed by atoms with E-state index < -0.39 is 107 Å². The summed E-state index contributed by atoms with van der Waals surface area (Å²) < 4.78 is 29.4. The number of esters is 1. The van der Waals surface area contributed by atoms with E-state index >= 15 is 0 Å². The number of likely N-dealkylation sites (tertiary alicyclic amines) is 1. The molecular weight excluding hydrogens is 1010 g/mol. The monoisotopic (exact) mass is 1070 g/mol. The summed E-state index contributed by atoms with van der Waals surface area (Å²) >= 11 is 7.98. The lowest BCUT2D eigenvalue weighted by atomic mass is 9.82. The molecule has 9 unspecified atom stereocenters. The van der Waals surface area contributed by atoms with E-state index in [-0.39, 0.29) is 67.2 Å². The summed E-state index contributed by atoms with van der Waals surface area (Å²) in [6.07, 6.45) is 2.04. The van der Waals surface area contributed by atoms with Gasteiger partial charge in [0.15, 0.2) is 5.72 Å². The highest BCUT2D eigenvalue weighted by molar-refractivity contribution is 8.00. The summed E-state index contributed by atoms with van der Waals surface area (Å²) in [5, 5.41) is 14.4. The third-order valence-electron chi connectivity index (χ3n) is 15.2. The fourth-order valence-electron chi connectivity index (χ4n) is 10.3. The van der Waals surface area contributed by atoms with E-state index in [1.165, 1.54) is 61.7 Å². The van der Waals surface area contributed by atoms with Crippen LogP contribution in [0.1, 0.15) is 97.5 Å². The van der Waals surface area contributed by atoms with E-state index in [0.29, 0.717) is 48.6 Å². The van der Waals surface area contributed by atoms with Crippen LogP contribution in [-0.4, -0.2) is 161 Å². The Balaban J connectivity index is 0.986. The zero-order valence-electron chi connectivity index (χ0n) is 42.9. The van der Waals surface area contributed by atoms with Crippen LogP contribution in [0.2, 0.25) is 5.02 Å². The second-order valence-electron chi connectivity index (χ2n) is 20.3. The van der Waals surface area contributed by atoms with Crippen molar-refractivity contribution in [3.05, 3.63) is 46.5 Å². The molecule has 6 aliphatic rings. The fourth-order valence-corrected chi connectivity index (χ4v) is 11.7. The Morgan fingerprint density at radius 1 is 1.01 bits per heavy atom. The number of alkyl carbamates (subject to hydrolysis) is 1. The van der Waals surface area contributed by atoms with E-state index in [0.717, 1.165) is 11.1 Å². The van der Waals surface area contributed by atoms with E-state index in [4.69, 9.17) is 40.1 Å². The van der Waals surface area contributed by atoms with Crippen molar-refractivity contribution in [1.29, 1.82) is 0 Å². The van der Waals surface area contributed by atoms with Crippen LogP contribution in [0.4, 0.5) is 10.5 Å². The standard InChI is InChI=1S/C51H66ClN5O16S/c1-27-10-9-11-37(69-8)51(67)25-35(70-49(66)53-51)28(2)45-50(4,72-45)38(24-42(61)55(6)33-21-31(20-27)22-34(68-7)44(33)52)71-47(64)29(3)54(5)39(58)18-19-74-36-23-43(62)56(46(36)63)26-30-12-14-32(15-13-30)48(65)73-57-40(59)16-17-41(57)60/h9-11,21-22,28-30,32,35-38,45,67H,12-20,23-26H2,1-8H3,(H,53,66)/b11-9+,27-10+. The van der Waals surface area contributed by atoms with Gasteiger partial charge in [0.25, 0.3) is 11.8 Å². The van der Waals surface area contributed by atoms with Gasteiger partial charge in [-0.15, -0.1) is 16.8 Å². The molecule has 1 aromatic rings. The summed E-state index contributed by atoms with van der Waals surface area (Å²) in [6, 6.07) is 2.36. The lowest BCUT2D eigenvalue weighted by molar-refractivity contribution is -0.201. The van der Waals surface area contributed by atoms with Crippen LogP contribution in [0.5, 0.6) is 5.75 Å². The van der Waals surface area contributed by atoms with Gasteiger partial charge in [-0.3, -0.25) is 39.0 Å². The normalized spacial score (nSPS) is 32.2. The molecule has 21 nitrogen and oxygen atoms in total. The maximum atomic E-state index is 14.4. The molecule has 1 aliphatic carbocycles. The Labute approximate surface area is 438 Å². The molecule has 404 valence electrons. The van der Waals surface area contributed by atoms with Gasteiger partial charge in [-0.1, -0.05) is 42.3 Å². The largest absolute Gasteiger partial charge is 0.495 e. The van der Waals surface area contributed by atoms with Gasteiger partial charge < -0.3 is 43.4 Å². The molecule has 5 aliphatic heterocycles. The number of methoxy groups -OCH3 is 2. The SMILES string of the molecule is COc1cc2cc(c1Cl)N(C)C(=O)CC(OC(=O)C(C)N(C)C(=O)CCSC1CC(=O)N(CC3CCC(C(=O)ON4C(=O)CCC4=O)CC3)C1=O)C1(C)OC1C(C)C1CC(O)(NC(=O)O1)C(OC)/C=C/C=C(\C)C2. The Morgan fingerprint density at radius 3 is 2.36 bits per heavy atom. The molecule has 0 aromatic heterocycles. The number of ether oxygens (including phenoxy) is 5. The number of hydrogen-bond acceptors (Lipinski definition) is 17. The Kier molecular flexibility index (Phi) is 17.6. The van der Waals surface area contributed by atoms with Crippen molar-refractivity contribution in [2.24, 2.45) is 17.8 Å². The number of likely N-dealkylation sites (N-methyl/N-ethyl adjacent to an activating group) is 1. The number of aliphatic hydroxyl groups is 1.